The number of ether oxygens (including phenoxy) is 1. The number of carbonyl (C=O) groups is 1. The van der Waals surface area contributed by atoms with Crippen LogP contribution in [0.15, 0.2) is 53.5 Å². The number of amides is 1. The fourth-order valence-corrected chi connectivity index (χ4v) is 2.73. The van der Waals surface area contributed by atoms with E-state index < -0.39 is 6.10 Å². The maximum absolute atomic E-state index is 13.1. The molecule has 2 aromatic heterocycles. The second kappa shape index (κ2) is 7.31. The van der Waals surface area contributed by atoms with Crippen molar-refractivity contribution in [2.24, 2.45) is 0 Å². The van der Waals surface area contributed by atoms with Gasteiger partial charge < -0.3 is 14.5 Å². The van der Waals surface area contributed by atoms with E-state index in [0.29, 0.717) is 11.3 Å². The van der Waals surface area contributed by atoms with Gasteiger partial charge in [0.2, 0.25) is 0 Å². The van der Waals surface area contributed by atoms with Gasteiger partial charge in [-0.2, -0.15) is 5.10 Å². The maximum Gasteiger partial charge on any atom is 0.255 e. The summed E-state index contributed by atoms with van der Waals surface area (Å²) in [7, 11) is 1.55. The van der Waals surface area contributed by atoms with Crippen LogP contribution in [0.5, 0.6) is 0 Å². The topological polar surface area (TPSA) is 80.1 Å². The van der Waals surface area contributed by atoms with E-state index in [4.69, 9.17) is 9.15 Å². The van der Waals surface area contributed by atoms with Gasteiger partial charge in [-0.15, -0.1) is 0 Å². The first-order chi connectivity index (χ1) is 12.1. The quantitative estimate of drug-likeness (QED) is 0.719. The SMILES string of the molecule is CO[C@@H](c1ccc(F)cc1)[C@@H](C)NC(=O)c1cn[nH]c1-c1ccoc1. The van der Waals surface area contributed by atoms with Crippen molar-refractivity contribution in [2.75, 3.05) is 7.11 Å². The summed E-state index contributed by atoms with van der Waals surface area (Å²) in [5, 5.41) is 9.64. The molecule has 7 heteroatoms. The molecule has 0 aliphatic rings. The van der Waals surface area contributed by atoms with Gasteiger partial charge in [0.1, 0.15) is 11.9 Å². The molecule has 1 aromatic carbocycles. The van der Waals surface area contributed by atoms with Crippen molar-refractivity contribution in [3.63, 3.8) is 0 Å². The van der Waals surface area contributed by atoms with Crippen LogP contribution in [0.2, 0.25) is 0 Å². The van der Waals surface area contributed by atoms with Crippen molar-refractivity contribution in [3.05, 3.63) is 66.0 Å². The molecular formula is C18H18FN3O3. The number of halogens is 1. The Labute approximate surface area is 144 Å². The van der Waals surface area contributed by atoms with Gasteiger partial charge in [0.05, 0.1) is 36.0 Å². The van der Waals surface area contributed by atoms with Crippen LogP contribution in [0.3, 0.4) is 0 Å². The number of carbonyl (C=O) groups excluding carboxylic acids is 1. The number of hydrogen-bond acceptors (Lipinski definition) is 4. The highest BCUT2D eigenvalue weighted by Gasteiger charge is 2.23. The van der Waals surface area contributed by atoms with Crippen LogP contribution < -0.4 is 5.32 Å². The van der Waals surface area contributed by atoms with Crippen molar-refractivity contribution < 1.29 is 18.3 Å². The first-order valence-corrected chi connectivity index (χ1v) is 7.75. The Morgan fingerprint density at radius 2 is 2.08 bits per heavy atom. The molecule has 0 unspecified atom stereocenters. The first-order valence-electron chi connectivity index (χ1n) is 7.75. The second-order valence-electron chi connectivity index (χ2n) is 5.64. The fraction of sp³-hybridized carbons (Fsp3) is 0.222. The summed E-state index contributed by atoms with van der Waals surface area (Å²) in [6.07, 6.45) is 4.11. The zero-order chi connectivity index (χ0) is 17.8. The van der Waals surface area contributed by atoms with E-state index in [-0.39, 0.29) is 17.8 Å². The fourth-order valence-electron chi connectivity index (χ4n) is 2.73. The third-order valence-electron chi connectivity index (χ3n) is 3.96. The minimum Gasteiger partial charge on any atom is -0.472 e. The predicted molar refractivity (Wildman–Crippen MR) is 89.4 cm³/mol. The van der Waals surface area contributed by atoms with Gasteiger partial charge in [0, 0.05) is 12.7 Å². The van der Waals surface area contributed by atoms with Crippen molar-refractivity contribution in [1.82, 2.24) is 15.5 Å². The average molecular weight is 343 g/mol. The zero-order valence-electron chi connectivity index (χ0n) is 13.8. The maximum atomic E-state index is 13.1. The first kappa shape index (κ1) is 16.9. The molecule has 0 saturated heterocycles. The third kappa shape index (κ3) is 3.61. The van der Waals surface area contributed by atoms with E-state index in [1.807, 2.05) is 6.92 Å². The molecule has 2 heterocycles. The zero-order valence-corrected chi connectivity index (χ0v) is 13.8. The van der Waals surface area contributed by atoms with Crippen LogP contribution in [0.1, 0.15) is 28.9 Å². The van der Waals surface area contributed by atoms with Crippen molar-refractivity contribution >= 4 is 5.91 Å². The number of rotatable bonds is 6. The summed E-state index contributed by atoms with van der Waals surface area (Å²) in [4.78, 5) is 12.6. The molecule has 0 radical (unpaired) electrons. The number of nitrogens with one attached hydrogen (secondary N) is 2. The van der Waals surface area contributed by atoms with Gasteiger partial charge in [-0.3, -0.25) is 9.89 Å². The molecule has 2 N–H and O–H groups in total. The highest BCUT2D eigenvalue weighted by Crippen LogP contribution is 2.24. The Morgan fingerprint density at radius 1 is 1.32 bits per heavy atom. The van der Waals surface area contributed by atoms with Gasteiger partial charge in [-0.25, -0.2) is 4.39 Å². The number of furan rings is 1. The molecule has 3 rings (SSSR count). The number of hydrogen-bond donors (Lipinski definition) is 2. The van der Waals surface area contributed by atoms with Crippen LogP contribution in [-0.2, 0) is 4.74 Å². The lowest BCUT2D eigenvalue weighted by molar-refractivity contribution is 0.0645. The summed E-state index contributed by atoms with van der Waals surface area (Å²) in [5.41, 5.74) is 2.49. The Balaban J connectivity index is 1.76. The Hall–Kier alpha value is -2.93. The van der Waals surface area contributed by atoms with Gasteiger partial charge in [-0.05, 0) is 30.7 Å². The van der Waals surface area contributed by atoms with Crippen LogP contribution in [0.4, 0.5) is 4.39 Å². The molecule has 6 nitrogen and oxygen atoms in total. The van der Waals surface area contributed by atoms with Crippen LogP contribution >= 0.6 is 0 Å². The van der Waals surface area contributed by atoms with E-state index >= 15 is 0 Å². The standard InChI is InChI=1S/C18H18FN3O3/c1-11(17(24-2)12-3-5-14(19)6-4-12)21-18(23)15-9-20-22-16(15)13-7-8-25-10-13/h3-11,17H,1-2H3,(H,20,22)(H,21,23)/t11-,17-/m1/s1. The minimum absolute atomic E-state index is 0.290. The summed E-state index contributed by atoms with van der Waals surface area (Å²) in [6.45, 7) is 1.83. The molecule has 130 valence electrons. The molecule has 0 aliphatic carbocycles. The van der Waals surface area contributed by atoms with Crippen molar-refractivity contribution in [3.8, 4) is 11.3 Å². The number of aromatic nitrogens is 2. The molecule has 0 saturated carbocycles. The summed E-state index contributed by atoms with van der Waals surface area (Å²) in [6, 6.07) is 7.41. The van der Waals surface area contributed by atoms with Crippen LogP contribution in [0, 0.1) is 5.82 Å². The smallest absolute Gasteiger partial charge is 0.255 e. The Bertz CT molecular complexity index is 828. The molecule has 1 amide bonds. The van der Waals surface area contributed by atoms with E-state index in [0.717, 1.165) is 11.1 Å². The molecular weight excluding hydrogens is 325 g/mol. The third-order valence-corrected chi connectivity index (χ3v) is 3.96. The summed E-state index contributed by atoms with van der Waals surface area (Å²) in [5.74, 6) is -0.611. The lowest BCUT2D eigenvalue weighted by atomic mass is 10.0. The molecule has 0 fully saturated rings. The Morgan fingerprint density at radius 3 is 2.72 bits per heavy atom. The molecule has 3 aromatic rings. The van der Waals surface area contributed by atoms with Crippen molar-refractivity contribution in [2.45, 2.75) is 19.1 Å². The predicted octanol–water partition coefficient (Wildman–Crippen LogP) is 3.31. The highest BCUT2D eigenvalue weighted by atomic mass is 19.1. The molecule has 0 aliphatic heterocycles. The number of H-pyrrole nitrogens is 1. The molecule has 0 bridgehead atoms. The lowest BCUT2D eigenvalue weighted by Crippen LogP contribution is -2.37. The van der Waals surface area contributed by atoms with Crippen molar-refractivity contribution in [1.29, 1.82) is 0 Å². The van der Waals surface area contributed by atoms with Crippen LogP contribution in [-0.4, -0.2) is 29.3 Å². The normalized spacial score (nSPS) is 13.4. The van der Waals surface area contributed by atoms with Gasteiger partial charge in [0.25, 0.3) is 5.91 Å². The summed E-state index contributed by atoms with van der Waals surface area (Å²) < 4.78 is 23.6. The van der Waals surface area contributed by atoms with E-state index in [9.17, 15) is 9.18 Å². The second-order valence-corrected chi connectivity index (χ2v) is 5.64. The monoisotopic (exact) mass is 343 g/mol. The largest absolute Gasteiger partial charge is 0.472 e. The lowest BCUT2D eigenvalue weighted by Gasteiger charge is -2.24. The van der Waals surface area contributed by atoms with E-state index in [2.05, 4.69) is 15.5 Å². The number of nitrogens with zero attached hydrogens (tertiary/aromatic N) is 1. The highest BCUT2D eigenvalue weighted by molar-refractivity contribution is 5.99. The van der Waals surface area contributed by atoms with Gasteiger partial charge >= 0.3 is 0 Å². The number of methoxy groups -OCH3 is 1. The van der Waals surface area contributed by atoms with E-state index in [1.54, 1.807) is 25.3 Å². The Kier molecular flexibility index (Phi) is 4.95. The summed E-state index contributed by atoms with van der Waals surface area (Å²) >= 11 is 0. The van der Waals surface area contributed by atoms with Crippen LogP contribution in [0.25, 0.3) is 11.3 Å². The number of aromatic amines is 1. The van der Waals surface area contributed by atoms with Gasteiger partial charge in [0.15, 0.2) is 0 Å². The number of benzene rings is 1. The molecule has 0 spiro atoms. The molecule has 25 heavy (non-hydrogen) atoms. The minimum atomic E-state index is -0.408. The molecule has 2 atom stereocenters. The average Bonchev–Trinajstić information content (AvgIpc) is 3.28. The van der Waals surface area contributed by atoms with E-state index in [1.165, 1.54) is 30.9 Å². The van der Waals surface area contributed by atoms with Gasteiger partial charge in [-0.1, -0.05) is 12.1 Å².